The number of hydrogen-bond donors (Lipinski definition) is 4. The number of aromatic hydroxyl groups is 2. The molecule has 169 valence electrons. The first kappa shape index (κ1) is 25.0. The van der Waals surface area contributed by atoms with Crippen LogP contribution in [-0.4, -0.2) is 56.4 Å². The maximum atomic E-state index is 11.8. The molecule has 1 aliphatic rings. The Bertz CT molecular complexity index is 914. The molecule has 0 amide bonds. The zero-order valence-corrected chi connectivity index (χ0v) is 18.1. The molecule has 0 aromatic carbocycles. The molecule has 31 heavy (non-hydrogen) atoms. The third-order valence-corrected chi connectivity index (χ3v) is 4.82. The van der Waals surface area contributed by atoms with Crippen molar-refractivity contribution in [3.8, 4) is 11.5 Å². The fourth-order valence-corrected chi connectivity index (χ4v) is 3.29. The van der Waals surface area contributed by atoms with Gasteiger partial charge in [0.1, 0.15) is 24.7 Å². The van der Waals surface area contributed by atoms with Gasteiger partial charge in [0, 0.05) is 25.2 Å². The van der Waals surface area contributed by atoms with Crippen molar-refractivity contribution in [1.29, 1.82) is 0 Å². The van der Waals surface area contributed by atoms with E-state index in [0.717, 1.165) is 35.9 Å². The van der Waals surface area contributed by atoms with Crippen LogP contribution in [0.5, 0.6) is 11.5 Å². The molecule has 0 spiro atoms. The van der Waals surface area contributed by atoms with Gasteiger partial charge in [-0.25, -0.2) is 0 Å². The summed E-state index contributed by atoms with van der Waals surface area (Å²) in [7, 11) is 0. The molecular weight excluding hydrogens is 451 g/mol. The van der Waals surface area contributed by atoms with Gasteiger partial charge in [-0.1, -0.05) is 0 Å². The Morgan fingerprint density at radius 1 is 0.774 bits per heavy atom. The average molecular weight is 475 g/mol. The molecule has 2 aromatic rings. The first-order valence-electron chi connectivity index (χ1n) is 9.45. The Morgan fingerprint density at radius 2 is 1.16 bits per heavy atom. The van der Waals surface area contributed by atoms with Gasteiger partial charge >= 0.3 is 21.0 Å². The van der Waals surface area contributed by atoms with Crippen LogP contribution in [0.3, 0.4) is 0 Å². The second-order valence-electron chi connectivity index (χ2n) is 6.92. The van der Waals surface area contributed by atoms with Crippen LogP contribution in [0.25, 0.3) is 0 Å². The van der Waals surface area contributed by atoms with Gasteiger partial charge in [-0.05, 0) is 19.5 Å². The molecule has 0 bridgehead atoms. The first-order chi connectivity index (χ1) is 14.9. The van der Waals surface area contributed by atoms with Crippen molar-refractivity contribution in [3.05, 3.63) is 55.6 Å². The number of hydrogen-bond acceptors (Lipinski definition) is 11. The van der Waals surface area contributed by atoms with Crippen LogP contribution in [0, 0.1) is 0 Å². The molecule has 11 nitrogen and oxygen atoms in total. The monoisotopic (exact) mass is 475 g/mol. The van der Waals surface area contributed by atoms with Gasteiger partial charge in [0.2, 0.25) is 22.4 Å². The summed E-state index contributed by atoms with van der Waals surface area (Å²) in [6.45, 7) is 2.07. The van der Waals surface area contributed by atoms with Gasteiger partial charge in [0.15, 0.2) is 11.5 Å². The Kier molecular flexibility index (Phi) is 9.62. The normalized spacial score (nSPS) is 15.1. The molecule has 4 N–H and O–H groups in total. The van der Waals surface area contributed by atoms with Gasteiger partial charge in [-0.2, -0.15) is 0 Å². The van der Waals surface area contributed by atoms with E-state index in [9.17, 15) is 30.0 Å². The van der Waals surface area contributed by atoms with E-state index in [-0.39, 0.29) is 36.1 Å². The Morgan fingerprint density at radius 3 is 1.52 bits per heavy atom. The molecule has 0 saturated carbocycles. The van der Waals surface area contributed by atoms with Crippen molar-refractivity contribution in [3.63, 3.8) is 0 Å². The van der Waals surface area contributed by atoms with Gasteiger partial charge in [0.05, 0.1) is 13.1 Å². The molecular formula is C19H24N2O9V. The predicted octanol–water partition coefficient (Wildman–Crippen LogP) is -0.425. The maximum absolute atomic E-state index is 11.8. The molecule has 3 rings (SSSR count). The van der Waals surface area contributed by atoms with Gasteiger partial charge < -0.3 is 29.3 Å². The van der Waals surface area contributed by atoms with Gasteiger partial charge in [-0.3, -0.25) is 19.4 Å². The molecule has 12 heteroatoms. The summed E-state index contributed by atoms with van der Waals surface area (Å²) in [5, 5.41) is 38.3. The summed E-state index contributed by atoms with van der Waals surface area (Å²) in [6, 6.07) is 2.12. The molecule has 3 heterocycles. The van der Waals surface area contributed by atoms with Gasteiger partial charge in [0.25, 0.3) is 0 Å². The van der Waals surface area contributed by atoms with E-state index >= 15 is 0 Å². The van der Waals surface area contributed by atoms with Crippen LogP contribution in [0.4, 0.5) is 0 Å². The minimum absolute atomic E-state index is 0.0912. The van der Waals surface area contributed by atoms with E-state index in [1.807, 2.05) is 9.80 Å². The summed E-state index contributed by atoms with van der Waals surface area (Å²) in [4.78, 5) is 27.5. The molecule has 0 aliphatic carbocycles. The SMILES string of the molecule is O=c1cc(CO)oc(CN2CCCN(Cc3oc(CO)cc(=O)c3O)CC2)c1O.[O]=[V]. The fourth-order valence-electron chi connectivity index (χ4n) is 3.29. The van der Waals surface area contributed by atoms with Crippen molar-refractivity contribution in [2.24, 2.45) is 0 Å². The van der Waals surface area contributed by atoms with Crippen LogP contribution >= 0.6 is 0 Å². The van der Waals surface area contributed by atoms with E-state index in [2.05, 4.69) is 0 Å². The summed E-state index contributed by atoms with van der Waals surface area (Å²) in [6.07, 6.45) is 0.759. The first-order valence-corrected chi connectivity index (χ1v) is 10.0. The zero-order valence-electron chi connectivity index (χ0n) is 16.7. The molecule has 1 aliphatic heterocycles. The Hall–Kier alpha value is -2.28. The number of rotatable bonds is 6. The van der Waals surface area contributed by atoms with Crippen LogP contribution in [0.15, 0.2) is 30.6 Å². The van der Waals surface area contributed by atoms with Crippen LogP contribution in [0.1, 0.15) is 29.5 Å². The average Bonchev–Trinajstić information content (AvgIpc) is 3.00. The molecule has 0 radical (unpaired) electrons. The summed E-state index contributed by atoms with van der Waals surface area (Å²) in [5.41, 5.74) is -1.19. The number of aliphatic hydroxyl groups excluding tert-OH is 2. The van der Waals surface area contributed by atoms with Crippen LogP contribution < -0.4 is 10.9 Å². The minimum atomic E-state index is -0.596. The molecule has 2 aromatic heterocycles. The summed E-state index contributed by atoms with van der Waals surface area (Å²) in [5.74, 6) is -0.530. The van der Waals surface area contributed by atoms with Crippen LogP contribution in [0.2, 0.25) is 0 Å². The Labute approximate surface area is 186 Å². The third-order valence-electron chi connectivity index (χ3n) is 4.82. The fraction of sp³-hybridized carbons (Fsp3) is 0.474. The van der Waals surface area contributed by atoms with Crippen molar-refractivity contribution in [1.82, 2.24) is 9.80 Å². The predicted molar refractivity (Wildman–Crippen MR) is 101 cm³/mol. The molecule has 0 atom stereocenters. The van der Waals surface area contributed by atoms with E-state index < -0.39 is 35.6 Å². The van der Waals surface area contributed by atoms with E-state index in [1.165, 1.54) is 0 Å². The zero-order chi connectivity index (χ0) is 23.0. The van der Waals surface area contributed by atoms with Crippen molar-refractivity contribution in [2.45, 2.75) is 32.7 Å². The second-order valence-corrected chi connectivity index (χ2v) is 6.92. The Balaban J connectivity index is 0.00000166. The number of aliphatic hydroxyl groups is 2. The summed E-state index contributed by atoms with van der Waals surface area (Å²) < 4.78 is 19.0. The van der Waals surface area contributed by atoms with E-state index in [0.29, 0.717) is 26.2 Å². The molecule has 1 fully saturated rings. The summed E-state index contributed by atoms with van der Waals surface area (Å²) >= 11 is 1.06. The van der Waals surface area contributed by atoms with Crippen molar-refractivity contribution >= 4 is 0 Å². The van der Waals surface area contributed by atoms with E-state index in [1.54, 1.807) is 0 Å². The standard InChI is InChI=1S/C19H24N2O8.O.V/c22-10-12-6-14(24)18(26)16(28-12)8-20-2-1-3-21(5-4-20)9-17-19(27)15(25)7-13(11-23)29-17;;/h6-7,22-23,26-27H,1-5,8-11H2;;. The van der Waals surface area contributed by atoms with Crippen LogP contribution in [-0.2, 0) is 47.3 Å². The second kappa shape index (κ2) is 11.9. The molecule has 0 unspecified atom stereocenters. The quantitative estimate of drug-likeness (QED) is 0.429. The number of nitrogens with zero attached hydrogens (tertiary/aromatic N) is 2. The third kappa shape index (κ3) is 6.60. The van der Waals surface area contributed by atoms with Gasteiger partial charge in [-0.15, -0.1) is 0 Å². The van der Waals surface area contributed by atoms with Crippen molar-refractivity contribution < 1.29 is 50.3 Å². The van der Waals surface area contributed by atoms with Crippen molar-refractivity contribution in [2.75, 3.05) is 26.2 Å². The topological polar surface area (TPSA) is 165 Å². The van der Waals surface area contributed by atoms with E-state index in [4.69, 9.17) is 12.5 Å². The molecule has 1 saturated heterocycles.